The van der Waals surface area contributed by atoms with Gasteiger partial charge in [0.05, 0.1) is 30.6 Å². The minimum Gasteiger partial charge on any atom is -0.390 e. The topological polar surface area (TPSA) is 67.6 Å². The lowest BCUT2D eigenvalue weighted by molar-refractivity contribution is -0.0774. The van der Waals surface area contributed by atoms with E-state index in [2.05, 4.69) is 10.00 Å². The van der Waals surface area contributed by atoms with Crippen molar-refractivity contribution >= 4 is 0 Å². The van der Waals surface area contributed by atoms with Gasteiger partial charge in [0.15, 0.2) is 0 Å². The quantitative estimate of drug-likeness (QED) is 0.888. The van der Waals surface area contributed by atoms with Crippen molar-refractivity contribution in [1.29, 1.82) is 0 Å². The van der Waals surface area contributed by atoms with E-state index in [1.54, 1.807) is 6.07 Å². The van der Waals surface area contributed by atoms with Crippen molar-refractivity contribution in [1.82, 2.24) is 14.7 Å². The molecule has 0 spiro atoms. The molecule has 6 heteroatoms. The van der Waals surface area contributed by atoms with Crippen LogP contribution in [0, 0.1) is 0 Å². The lowest BCUT2D eigenvalue weighted by atomic mass is 10.1. The summed E-state index contributed by atoms with van der Waals surface area (Å²) >= 11 is 0. The van der Waals surface area contributed by atoms with Gasteiger partial charge in [-0.25, -0.2) is 4.68 Å². The summed E-state index contributed by atoms with van der Waals surface area (Å²) in [7, 11) is 0. The number of aromatic nitrogens is 2. The molecule has 1 aromatic carbocycles. The minimum atomic E-state index is -0.659. The molecule has 2 heterocycles. The van der Waals surface area contributed by atoms with Crippen LogP contribution in [0.5, 0.6) is 0 Å². The number of nitrogens with zero attached hydrogens (tertiary/aromatic N) is 3. The number of ether oxygens (including phenoxy) is 1. The van der Waals surface area contributed by atoms with Crippen LogP contribution in [0.4, 0.5) is 0 Å². The Kier molecular flexibility index (Phi) is 5.63. The molecule has 1 aliphatic rings. The summed E-state index contributed by atoms with van der Waals surface area (Å²) in [5.74, 6) is 0. The van der Waals surface area contributed by atoms with Gasteiger partial charge in [-0.3, -0.25) is 9.69 Å². The predicted octanol–water partition coefficient (Wildman–Crippen LogP) is 1.38. The number of β-amino-alcohol motifs (C(OH)–C–C–N with tert-alkyl or cyclic N) is 1. The molecule has 0 radical (unpaired) electrons. The molecule has 134 valence electrons. The van der Waals surface area contributed by atoms with Gasteiger partial charge in [-0.15, -0.1) is 0 Å². The smallest absolute Gasteiger partial charge is 0.266 e. The van der Waals surface area contributed by atoms with Gasteiger partial charge >= 0.3 is 0 Å². The van der Waals surface area contributed by atoms with E-state index in [0.29, 0.717) is 6.54 Å². The average molecular weight is 343 g/mol. The van der Waals surface area contributed by atoms with E-state index in [0.717, 1.165) is 24.3 Å². The second-order valence-electron chi connectivity index (χ2n) is 6.73. The maximum atomic E-state index is 12.1. The fraction of sp³-hybridized carbons (Fsp3) is 0.474. The van der Waals surface area contributed by atoms with E-state index >= 15 is 0 Å². The van der Waals surface area contributed by atoms with Crippen LogP contribution in [0.3, 0.4) is 0 Å². The van der Waals surface area contributed by atoms with Gasteiger partial charge in [0.1, 0.15) is 0 Å². The Hall–Kier alpha value is -2.02. The van der Waals surface area contributed by atoms with Crippen molar-refractivity contribution in [3.63, 3.8) is 0 Å². The van der Waals surface area contributed by atoms with Gasteiger partial charge in [-0.1, -0.05) is 30.3 Å². The maximum Gasteiger partial charge on any atom is 0.266 e. The molecule has 0 unspecified atom stereocenters. The molecule has 1 saturated heterocycles. The van der Waals surface area contributed by atoms with E-state index in [4.69, 9.17) is 4.74 Å². The van der Waals surface area contributed by atoms with Crippen molar-refractivity contribution in [2.45, 2.75) is 38.7 Å². The highest BCUT2D eigenvalue weighted by Gasteiger charge is 2.24. The van der Waals surface area contributed by atoms with Gasteiger partial charge in [0.25, 0.3) is 5.56 Å². The Morgan fingerprint density at radius 2 is 1.80 bits per heavy atom. The normalized spacial score (nSPS) is 22.7. The summed E-state index contributed by atoms with van der Waals surface area (Å²) in [5.41, 5.74) is 1.46. The van der Waals surface area contributed by atoms with E-state index in [1.807, 2.05) is 44.2 Å². The molecule has 1 N–H and O–H groups in total. The molecule has 2 aromatic rings. The van der Waals surface area contributed by atoms with Crippen molar-refractivity contribution in [2.24, 2.45) is 0 Å². The summed E-state index contributed by atoms with van der Waals surface area (Å²) in [6, 6.07) is 12.9. The van der Waals surface area contributed by atoms with Crippen LogP contribution in [-0.4, -0.2) is 57.7 Å². The first kappa shape index (κ1) is 17.8. The molecule has 0 bridgehead atoms. The molecule has 25 heavy (non-hydrogen) atoms. The summed E-state index contributed by atoms with van der Waals surface area (Å²) in [4.78, 5) is 14.3. The zero-order chi connectivity index (χ0) is 17.8. The highest BCUT2D eigenvalue weighted by Crippen LogP contribution is 2.14. The Bertz CT molecular complexity index is 737. The molecule has 1 aromatic heterocycles. The zero-order valence-corrected chi connectivity index (χ0v) is 14.7. The highest BCUT2D eigenvalue weighted by molar-refractivity contribution is 5.57. The molecule has 1 aliphatic heterocycles. The number of hydrogen-bond donors (Lipinski definition) is 1. The number of benzene rings is 1. The number of hydrogen-bond acceptors (Lipinski definition) is 5. The molecule has 3 atom stereocenters. The average Bonchev–Trinajstić information content (AvgIpc) is 2.56. The van der Waals surface area contributed by atoms with Gasteiger partial charge in [0.2, 0.25) is 0 Å². The number of aliphatic hydroxyl groups excluding tert-OH is 1. The number of aliphatic hydroxyl groups is 1. The number of morpholine rings is 1. The fourth-order valence-electron chi connectivity index (χ4n) is 3.33. The second-order valence-corrected chi connectivity index (χ2v) is 6.73. The maximum absolute atomic E-state index is 12.1. The van der Waals surface area contributed by atoms with E-state index in [-0.39, 0.29) is 24.3 Å². The van der Waals surface area contributed by atoms with Crippen molar-refractivity contribution < 1.29 is 9.84 Å². The van der Waals surface area contributed by atoms with Crippen molar-refractivity contribution in [3.05, 3.63) is 52.8 Å². The van der Waals surface area contributed by atoms with Crippen LogP contribution in [0.1, 0.15) is 13.8 Å². The van der Waals surface area contributed by atoms with E-state index in [1.165, 1.54) is 10.7 Å². The van der Waals surface area contributed by atoms with Crippen molar-refractivity contribution in [3.8, 4) is 11.3 Å². The molecule has 6 nitrogen and oxygen atoms in total. The van der Waals surface area contributed by atoms with Gasteiger partial charge < -0.3 is 9.84 Å². The summed E-state index contributed by atoms with van der Waals surface area (Å²) in [5, 5.41) is 14.8. The third kappa shape index (κ3) is 4.75. The lowest BCUT2D eigenvalue weighted by Crippen LogP contribution is -2.48. The minimum absolute atomic E-state index is 0.151. The third-order valence-corrected chi connectivity index (χ3v) is 4.28. The molecular formula is C19H25N3O3. The summed E-state index contributed by atoms with van der Waals surface area (Å²) in [6.07, 6.45) is -0.356. The van der Waals surface area contributed by atoms with Gasteiger partial charge in [0, 0.05) is 31.3 Å². The molecule has 3 rings (SSSR count). The number of rotatable bonds is 5. The first-order chi connectivity index (χ1) is 12.0. The second kappa shape index (κ2) is 7.91. The highest BCUT2D eigenvalue weighted by atomic mass is 16.5. The van der Waals surface area contributed by atoms with E-state index < -0.39 is 6.10 Å². The fourth-order valence-corrected chi connectivity index (χ4v) is 3.33. The standard InChI is InChI=1S/C19H25N3O3/c1-14-10-21(11-15(2)25-14)12-17(23)13-22-19(24)9-8-18(20-22)16-6-4-3-5-7-16/h3-9,14-15,17,23H,10-13H2,1-2H3/t14-,15+,17-/m0/s1. The largest absolute Gasteiger partial charge is 0.390 e. The SMILES string of the molecule is C[C@@H]1CN(C[C@H](O)Cn2nc(-c3ccccc3)ccc2=O)C[C@H](C)O1. The van der Waals surface area contributed by atoms with Crippen LogP contribution in [0.2, 0.25) is 0 Å². The Morgan fingerprint density at radius 3 is 2.48 bits per heavy atom. The molecule has 0 amide bonds. The van der Waals surface area contributed by atoms with Crippen molar-refractivity contribution in [2.75, 3.05) is 19.6 Å². The summed E-state index contributed by atoms with van der Waals surface area (Å²) < 4.78 is 7.06. The monoisotopic (exact) mass is 343 g/mol. The van der Waals surface area contributed by atoms with Gasteiger partial charge in [-0.05, 0) is 19.9 Å². The third-order valence-electron chi connectivity index (χ3n) is 4.28. The summed E-state index contributed by atoms with van der Waals surface area (Å²) in [6.45, 7) is 6.32. The molecule has 1 fully saturated rings. The Balaban J connectivity index is 1.68. The van der Waals surface area contributed by atoms with Crippen LogP contribution in [0.15, 0.2) is 47.3 Å². The molecular weight excluding hydrogens is 318 g/mol. The Labute approximate surface area is 147 Å². The Morgan fingerprint density at radius 1 is 1.12 bits per heavy atom. The lowest BCUT2D eigenvalue weighted by Gasteiger charge is -2.36. The molecule has 0 aliphatic carbocycles. The van der Waals surface area contributed by atoms with E-state index in [9.17, 15) is 9.90 Å². The zero-order valence-electron chi connectivity index (χ0n) is 14.7. The van der Waals surface area contributed by atoms with Crippen LogP contribution < -0.4 is 5.56 Å². The van der Waals surface area contributed by atoms with Crippen LogP contribution in [0.25, 0.3) is 11.3 Å². The first-order valence-corrected chi connectivity index (χ1v) is 8.70. The predicted molar refractivity (Wildman–Crippen MR) is 96.4 cm³/mol. The van der Waals surface area contributed by atoms with Crippen LogP contribution >= 0.6 is 0 Å². The van der Waals surface area contributed by atoms with Gasteiger partial charge in [-0.2, -0.15) is 5.10 Å². The molecule has 0 saturated carbocycles. The van der Waals surface area contributed by atoms with Crippen LogP contribution in [-0.2, 0) is 11.3 Å². The first-order valence-electron chi connectivity index (χ1n) is 8.70.